The Hall–Kier alpha value is -2.19. The molecule has 2 aromatic rings. The lowest BCUT2D eigenvalue weighted by Gasteiger charge is -2.13. The number of benzene rings is 1. The standard InChI is InChI=1S/C17H19NO5S2/c1-2-3-9-13(17(20)21)18-16(19)14-10-11-15(24-14)25(22,23)12-7-5-4-6-8-12/h4-8,10-11,13H,2-3,9H2,1H3,(H,18,19)(H,20,21)/t13-/m0/s1. The molecule has 8 heteroatoms. The Labute approximate surface area is 150 Å². The fraction of sp³-hybridized carbons (Fsp3) is 0.294. The molecule has 0 aliphatic heterocycles. The van der Waals surface area contributed by atoms with E-state index in [1.54, 1.807) is 18.2 Å². The van der Waals surface area contributed by atoms with E-state index in [2.05, 4.69) is 5.32 Å². The minimum absolute atomic E-state index is 0.0456. The van der Waals surface area contributed by atoms with Gasteiger partial charge in [-0.15, -0.1) is 11.3 Å². The Morgan fingerprint density at radius 1 is 1.16 bits per heavy atom. The normalized spacial score (nSPS) is 12.5. The van der Waals surface area contributed by atoms with Gasteiger partial charge in [-0.3, -0.25) is 4.79 Å². The summed E-state index contributed by atoms with van der Waals surface area (Å²) in [6, 6.07) is 9.72. The maximum atomic E-state index is 12.5. The number of hydrogen-bond donors (Lipinski definition) is 2. The highest BCUT2D eigenvalue weighted by molar-refractivity contribution is 7.93. The second-order valence-corrected chi connectivity index (χ2v) is 8.70. The first-order valence-corrected chi connectivity index (χ1v) is 10.1. The van der Waals surface area contributed by atoms with Crippen molar-refractivity contribution >= 4 is 33.1 Å². The smallest absolute Gasteiger partial charge is 0.326 e. The Kier molecular flexibility index (Phi) is 6.33. The van der Waals surface area contributed by atoms with Crippen LogP contribution >= 0.6 is 11.3 Å². The van der Waals surface area contributed by atoms with Crippen molar-refractivity contribution in [2.24, 2.45) is 0 Å². The molecule has 0 fully saturated rings. The summed E-state index contributed by atoms with van der Waals surface area (Å²) in [5.74, 6) is -1.68. The van der Waals surface area contributed by atoms with Crippen LogP contribution in [0.5, 0.6) is 0 Å². The van der Waals surface area contributed by atoms with Crippen LogP contribution in [0.1, 0.15) is 35.9 Å². The Morgan fingerprint density at radius 3 is 2.44 bits per heavy atom. The molecule has 25 heavy (non-hydrogen) atoms. The van der Waals surface area contributed by atoms with Crippen molar-refractivity contribution in [2.75, 3.05) is 0 Å². The number of carboxylic acid groups (broad SMARTS) is 1. The zero-order valence-electron chi connectivity index (χ0n) is 13.6. The molecule has 0 saturated heterocycles. The summed E-state index contributed by atoms with van der Waals surface area (Å²) in [6.07, 6.45) is 1.82. The van der Waals surface area contributed by atoms with Crippen LogP contribution in [0.25, 0.3) is 0 Å². The van der Waals surface area contributed by atoms with E-state index >= 15 is 0 Å². The zero-order chi connectivity index (χ0) is 18.4. The number of sulfone groups is 1. The van der Waals surface area contributed by atoms with E-state index < -0.39 is 27.8 Å². The summed E-state index contributed by atoms with van der Waals surface area (Å²) in [6.45, 7) is 1.93. The fourth-order valence-corrected chi connectivity index (χ4v) is 4.83. The molecule has 1 amide bonds. The number of amides is 1. The van der Waals surface area contributed by atoms with Crippen molar-refractivity contribution in [3.8, 4) is 0 Å². The van der Waals surface area contributed by atoms with E-state index in [0.717, 1.165) is 17.8 Å². The lowest BCUT2D eigenvalue weighted by Crippen LogP contribution is -2.40. The molecule has 1 aromatic heterocycles. The van der Waals surface area contributed by atoms with E-state index in [0.29, 0.717) is 12.8 Å². The molecule has 1 heterocycles. The molecule has 0 unspecified atom stereocenters. The number of aliphatic carboxylic acids is 1. The Morgan fingerprint density at radius 2 is 1.84 bits per heavy atom. The van der Waals surface area contributed by atoms with Crippen molar-refractivity contribution in [3.63, 3.8) is 0 Å². The van der Waals surface area contributed by atoms with Gasteiger partial charge in [0.15, 0.2) is 0 Å². The van der Waals surface area contributed by atoms with Crippen LogP contribution in [0.3, 0.4) is 0 Å². The first-order chi connectivity index (χ1) is 11.9. The quantitative estimate of drug-likeness (QED) is 0.732. The van der Waals surface area contributed by atoms with Gasteiger partial charge in [0.25, 0.3) is 5.91 Å². The van der Waals surface area contributed by atoms with Crippen molar-refractivity contribution in [1.82, 2.24) is 5.32 Å². The number of unbranched alkanes of at least 4 members (excludes halogenated alkanes) is 1. The predicted molar refractivity (Wildman–Crippen MR) is 94.6 cm³/mol. The number of carbonyl (C=O) groups is 2. The van der Waals surface area contributed by atoms with Gasteiger partial charge in [0.2, 0.25) is 9.84 Å². The van der Waals surface area contributed by atoms with Crippen LogP contribution in [0.2, 0.25) is 0 Å². The molecule has 2 rings (SSSR count). The average Bonchev–Trinajstić information content (AvgIpc) is 3.10. The van der Waals surface area contributed by atoms with Crippen molar-refractivity contribution in [3.05, 3.63) is 47.3 Å². The number of carboxylic acids is 1. The molecule has 0 aliphatic rings. The van der Waals surface area contributed by atoms with E-state index in [1.165, 1.54) is 24.3 Å². The summed E-state index contributed by atoms with van der Waals surface area (Å²) < 4.78 is 25.1. The molecule has 0 radical (unpaired) electrons. The molecular formula is C17H19NO5S2. The van der Waals surface area contributed by atoms with Gasteiger partial charge in [0, 0.05) is 0 Å². The monoisotopic (exact) mass is 381 g/mol. The third-order valence-corrected chi connectivity index (χ3v) is 6.92. The van der Waals surface area contributed by atoms with E-state index in [1.807, 2.05) is 6.92 Å². The van der Waals surface area contributed by atoms with Crippen LogP contribution in [0, 0.1) is 0 Å². The topological polar surface area (TPSA) is 101 Å². The Bertz CT molecular complexity index is 843. The number of nitrogens with one attached hydrogen (secondary N) is 1. The predicted octanol–water partition coefficient (Wildman–Crippen LogP) is 2.95. The minimum Gasteiger partial charge on any atom is -0.480 e. The Balaban J connectivity index is 2.17. The summed E-state index contributed by atoms with van der Waals surface area (Å²) in [5.41, 5.74) is 0. The third-order valence-electron chi connectivity index (χ3n) is 3.57. The van der Waals surface area contributed by atoms with Crippen LogP contribution in [-0.4, -0.2) is 31.4 Å². The molecule has 6 nitrogen and oxygen atoms in total. The molecule has 0 spiro atoms. The van der Waals surface area contributed by atoms with Crippen LogP contribution in [0.4, 0.5) is 0 Å². The van der Waals surface area contributed by atoms with Gasteiger partial charge in [0.05, 0.1) is 9.77 Å². The maximum Gasteiger partial charge on any atom is 0.326 e. The van der Waals surface area contributed by atoms with Crippen molar-refractivity contribution in [1.29, 1.82) is 0 Å². The van der Waals surface area contributed by atoms with E-state index in [4.69, 9.17) is 0 Å². The van der Waals surface area contributed by atoms with Gasteiger partial charge in [-0.2, -0.15) is 0 Å². The highest BCUT2D eigenvalue weighted by Gasteiger charge is 2.24. The van der Waals surface area contributed by atoms with Gasteiger partial charge >= 0.3 is 5.97 Å². The number of carbonyl (C=O) groups excluding carboxylic acids is 1. The summed E-state index contributed by atoms with van der Waals surface area (Å²) in [4.78, 5) is 23.8. The molecular weight excluding hydrogens is 362 g/mol. The number of hydrogen-bond acceptors (Lipinski definition) is 5. The molecule has 0 saturated carbocycles. The van der Waals surface area contributed by atoms with Crippen LogP contribution in [-0.2, 0) is 14.6 Å². The van der Waals surface area contributed by atoms with Gasteiger partial charge in [-0.25, -0.2) is 13.2 Å². The van der Waals surface area contributed by atoms with Gasteiger partial charge < -0.3 is 10.4 Å². The highest BCUT2D eigenvalue weighted by Crippen LogP contribution is 2.27. The lowest BCUT2D eigenvalue weighted by atomic mass is 10.1. The van der Waals surface area contributed by atoms with Gasteiger partial charge in [0.1, 0.15) is 10.3 Å². The fourth-order valence-electron chi connectivity index (χ4n) is 2.20. The zero-order valence-corrected chi connectivity index (χ0v) is 15.3. The highest BCUT2D eigenvalue weighted by atomic mass is 32.2. The third kappa shape index (κ3) is 4.67. The van der Waals surface area contributed by atoms with Crippen molar-refractivity contribution < 1.29 is 23.1 Å². The summed E-state index contributed by atoms with van der Waals surface area (Å²) in [7, 11) is -3.69. The van der Waals surface area contributed by atoms with Crippen molar-refractivity contribution in [2.45, 2.75) is 41.3 Å². The minimum atomic E-state index is -3.69. The van der Waals surface area contributed by atoms with Crippen LogP contribution < -0.4 is 5.32 Å². The molecule has 0 bridgehead atoms. The lowest BCUT2D eigenvalue weighted by molar-refractivity contribution is -0.139. The summed E-state index contributed by atoms with van der Waals surface area (Å²) >= 11 is 0.827. The number of thiophene rings is 1. The largest absolute Gasteiger partial charge is 0.480 e. The van der Waals surface area contributed by atoms with Gasteiger partial charge in [-0.1, -0.05) is 38.0 Å². The molecule has 1 atom stereocenters. The molecule has 0 aliphatic carbocycles. The van der Waals surface area contributed by atoms with E-state index in [-0.39, 0.29) is 14.0 Å². The molecule has 1 aromatic carbocycles. The maximum absolute atomic E-state index is 12.5. The molecule has 2 N–H and O–H groups in total. The van der Waals surface area contributed by atoms with Gasteiger partial charge in [-0.05, 0) is 30.7 Å². The number of rotatable bonds is 8. The second-order valence-electron chi connectivity index (χ2n) is 5.44. The van der Waals surface area contributed by atoms with E-state index in [9.17, 15) is 23.1 Å². The van der Waals surface area contributed by atoms with Crippen LogP contribution in [0.15, 0.2) is 51.6 Å². The second kappa shape index (κ2) is 8.26. The molecule has 134 valence electrons. The SMILES string of the molecule is CCCC[C@H](NC(=O)c1ccc(S(=O)(=O)c2ccccc2)s1)C(=O)O. The summed E-state index contributed by atoms with van der Waals surface area (Å²) in [5, 5.41) is 11.6. The first-order valence-electron chi connectivity index (χ1n) is 7.80. The first kappa shape index (κ1) is 19.1. The average molecular weight is 381 g/mol.